The average molecular weight is 334 g/mol. The van der Waals surface area contributed by atoms with E-state index in [1.165, 1.54) is 0 Å². The van der Waals surface area contributed by atoms with Gasteiger partial charge in [-0.25, -0.2) is 0 Å². The SMILES string of the molecule is CCCCC(COC)NC(=O)c1ccc(N2CCC(O)CC2)cc1. The number of piperidine rings is 1. The number of methoxy groups -OCH3 is 1. The summed E-state index contributed by atoms with van der Waals surface area (Å²) in [5, 5.41) is 12.7. The first-order valence-corrected chi connectivity index (χ1v) is 8.97. The van der Waals surface area contributed by atoms with Gasteiger partial charge < -0.3 is 20.1 Å². The Kier molecular flexibility index (Phi) is 7.53. The molecular weight excluding hydrogens is 304 g/mol. The Bertz CT molecular complexity index is 496. The van der Waals surface area contributed by atoms with E-state index in [4.69, 9.17) is 4.74 Å². The zero-order chi connectivity index (χ0) is 17.4. The first-order chi connectivity index (χ1) is 11.6. The Morgan fingerprint density at radius 1 is 1.33 bits per heavy atom. The van der Waals surface area contributed by atoms with Crippen LogP contribution in [0.1, 0.15) is 49.4 Å². The van der Waals surface area contributed by atoms with Crippen molar-refractivity contribution in [1.82, 2.24) is 5.32 Å². The second-order valence-electron chi connectivity index (χ2n) is 6.53. The van der Waals surface area contributed by atoms with Crippen LogP contribution in [0.4, 0.5) is 5.69 Å². The van der Waals surface area contributed by atoms with Crippen LogP contribution in [0.2, 0.25) is 0 Å². The number of aliphatic hydroxyl groups excluding tert-OH is 1. The standard InChI is InChI=1S/C19H30N2O3/c1-3-4-5-16(14-24-2)20-19(23)15-6-8-17(9-7-15)21-12-10-18(22)11-13-21/h6-9,16,18,22H,3-5,10-14H2,1-2H3,(H,20,23). The van der Waals surface area contributed by atoms with E-state index in [2.05, 4.69) is 17.1 Å². The van der Waals surface area contributed by atoms with Crippen LogP contribution in [0.15, 0.2) is 24.3 Å². The van der Waals surface area contributed by atoms with Crippen molar-refractivity contribution < 1.29 is 14.6 Å². The van der Waals surface area contributed by atoms with Crippen molar-refractivity contribution in [3.63, 3.8) is 0 Å². The van der Waals surface area contributed by atoms with Crippen molar-refractivity contribution in [3.8, 4) is 0 Å². The number of ether oxygens (including phenoxy) is 1. The number of carbonyl (C=O) groups excluding carboxylic acids is 1. The fourth-order valence-electron chi connectivity index (χ4n) is 3.07. The van der Waals surface area contributed by atoms with Crippen LogP contribution >= 0.6 is 0 Å². The predicted molar refractivity (Wildman–Crippen MR) is 96.6 cm³/mol. The molecule has 2 rings (SSSR count). The van der Waals surface area contributed by atoms with Crippen molar-refractivity contribution in [1.29, 1.82) is 0 Å². The molecule has 24 heavy (non-hydrogen) atoms. The second-order valence-corrected chi connectivity index (χ2v) is 6.53. The molecular formula is C19H30N2O3. The van der Waals surface area contributed by atoms with E-state index in [9.17, 15) is 9.90 Å². The predicted octanol–water partition coefficient (Wildman–Crippen LogP) is 2.58. The molecule has 0 aliphatic carbocycles. The van der Waals surface area contributed by atoms with Gasteiger partial charge in [0.1, 0.15) is 0 Å². The summed E-state index contributed by atoms with van der Waals surface area (Å²) in [6, 6.07) is 7.79. The van der Waals surface area contributed by atoms with Gasteiger partial charge >= 0.3 is 0 Å². The van der Waals surface area contributed by atoms with Crippen molar-refractivity contribution in [2.45, 2.75) is 51.2 Å². The molecule has 0 spiro atoms. The highest BCUT2D eigenvalue weighted by Crippen LogP contribution is 2.20. The molecule has 5 nitrogen and oxygen atoms in total. The second kappa shape index (κ2) is 9.64. The van der Waals surface area contributed by atoms with Crippen LogP contribution in [-0.2, 0) is 4.74 Å². The van der Waals surface area contributed by atoms with E-state index in [0.717, 1.165) is 50.9 Å². The molecule has 0 bridgehead atoms. The maximum absolute atomic E-state index is 12.4. The summed E-state index contributed by atoms with van der Waals surface area (Å²) in [6.07, 6.45) is 4.55. The molecule has 1 unspecified atom stereocenters. The number of carbonyl (C=O) groups is 1. The summed E-state index contributed by atoms with van der Waals surface area (Å²) >= 11 is 0. The number of hydrogen-bond donors (Lipinski definition) is 2. The Morgan fingerprint density at radius 3 is 2.58 bits per heavy atom. The summed E-state index contributed by atoms with van der Waals surface area (Å²) in [4.78, 5) is 14.7. The molecule has 1 fully saturated rings. The van der Waals surface area contributed by atoms with Crippen LogP contribution in [0.3, 0.4) is 0 Å². The Balaban J connectivity index is 1.92. The monoisotopic (exact) mass is 334 g/mol. The Hall–Kier alpha value is -1.59. The summed E-state index contributed by atoms with van der Waals surface area (Å²) in [6.45, 7) is 4.41. The Morgan fingerprint density at radius 2 is 2.00 bits per heavy atom. The average Bonchev–Trinajstić information content (AvgIpc) is 2.60. The van der Waals surface area contributed by atoms with Crippen LogP contribution in [0.25, 0.3) is 0 Å². The van der Waals surface area contributed by atoms with Gasteiger partial charge in [0.05, 0.1) is 18.8 Å². The summed E-state index contributed by atoms with van der Waals surface area (Å²) in [7, 11) is 1.66. The van der Waals surface area contributed by atoms with Gasteiger partial charge in [-0.2, -0.15) is 0 Å². The lowest BCUT2D eigenvalue weighted by Crippen LogP contribution is -2.38. The minimum Gasteiger partial charge on any atom is -0.393 e. The molecule has 1 amide bonds. The highest BCUT2D eigenvalue weighted by Gasteiger charge is 2.18. The van der Waals surface area contributed by atoms with Gasteiger partial charge in [0.25, 0.3) is 5.91 Å². The quantitative estimate of drug-likeness (QED) is 0.767. The number of nitrogens with zero attached hydrogens (tertiary/aromatic N) is 1. The zero-order valence-corrected chi connectivity index (χ0v) is 14.8. The fraction of sp³-hybridized carbons (Fsp3) is 0.632. The van der Waals surface area contributed by atoms with E-state index in [1.807, 2.05) is 24.3 Å². The summed E-state index contributed by atoms with van der Waals surface area (Å²) < 4.78 is 5.20. The lowest BCUT2D eigenvalue weighted by Gasteiger charge is -2.31. The van der Waals surface area contributed by atoms with Crippen molar-refractivity contribution >= 4 is 11.6 Å². The largest absolute Gasteiger partial charge is 0.393 e. The number of amides is 1. The molecule has 2 N–H and O–H groups in total. The lowest BCUT2D eigenvalue weighted by molar-refractivity contribution is 0.0890. The third-order valence-electron chi connectivity index (χ3n) is 4.57. The van der Waals surface area contributed by atoms with E-state index in [0.29, 0.717) is 12.2 Å². The van der Waals surface area contributed by atoms with Gasteiger partial charge in [-0.1, -0.05) is 19.8 Å². The Labute approximate surface area is 145 Å². The van der Waals surface area contributed by atoms with Crippen LogP contribution in [0.5, 0.6) is 0 Å². The number of anilines is 1. The minimum atomic E-state index is -0.174. The first-order valence-electron chi connectivity index (χ1n) is 8.97. The molecule has 1 aromatic rings. The lowest BCUT2D eigenvalue weighted by atomic mass is 10.1. The highest BCUT2D eigenvalue weighted by atomic mass is 16.5. The molecule has 134 valence electrons. The molecule has 0 saturated carbocycles. The molecule has 5 heteroatoms. The van der Waals surface area contributed by atoms with Crippen LogP contribution in [0, 0.1) is 0 Å². The number of nitrogens with one attached hydrogen (secondary N) is 1. The molecule has 1 heterocycles. The molecule has 0 radical (unpaired) electrons. The van der Waals surface area contributed by atoms with E-state index >= 15 is 0 Å². The summed E-state index contributed by atoms with van der Waals surface area (Å²) in [5.74, 6) is -0.0474. The van der Waals surface area contributed by atoms with Gasteiger partial charge in [-0.3, -0.25) is 4.79 Å². The number of rotatable bonds is 8. The van der Waals surface area contributed by atoms with Gasteiger partial charge in [0.2, 0.25) is 0 Å². The first kappa shape index (κ1) is 18.7. The van der Waals surface area contributed by atoms with E-state index in [1.54, 1.807) is 7.11 Å². The molecule has 1 aliphatic rings. The zero-order valence-electron chi connectivity index (χ0n) is 14.8. The highest BCUT2D eigenvalue weighted by molar-refractivity contribution is 5.94. The molecule has 0 aromatic heterocycles. The van der Waals surface area contributed by atoms with Gasteiger partial charge in [0, 0.05) is 31.5 Å². The maximum atomic E-state index is 12.4. The fourth-order valence-corrected chi connectivity index (χ4v) is 3.07. The minimum absolute atomic E-state index is 0.0474. The van der Waals surface area contributed by atoms with Crippen molar-refractivity contribution in [2.24, 2.45) is 0 Å². The maximum Gasteiger partial charge on any atom is 0.251 e. The van der Waals surface area contributed by atoms with E-state index in [-0.39, 0.29) is 18.1 Å². The number of unbranched alkanes of at least 4 members (excludes halogenated alkanes) is 1. The molecule has 1 aromatic carbocycles. The van der Waals surface area contributed by atoms with Crippen LogP contribution < -0.4 is 10.2 Å². The third-order valence-corrected chi connectivity index (χ3v) is 4.57. The molecule has 1 aliphatic heterocycles. The third kappa shape index (κ3) is 5.49. The topological polar surface area (TPSA) is 61.8 Å². The van der Waals surface area contributed by atoms with Crippen molar-refractivity contribution in [3.05, 3.63) is 29.8 Å². The normalized spacial score (nSPS) is 16.9. The van der Waals surface area contributed by atoms with Gasteiger partial charge in [-0.05, 0) is 43.5 Å². The number of hydrogen-bond acceptors (Lipinski definition) is 4. The molecule has 1 atom stereocenters. The van der Waals surface area contributed by atoms with Crippen molar-refractivity contribution in [2.75, 3.05) is 31.7 Å². The number of aliphatic hydroxyl groups is 1. The molecule has 1 saturated heterocycles. The van der Waals surface area contributed by atoms with Gasteiger partial charge in [-0.15, -0.1) is 0 Å². The number of benzene rings is 1. The van der Waals surface area contributed by atoms with Gasteiger partial charge in [0.15, 0.2) is 0 Å². The van der Waals surface area contributed by atoms with Crippen LogP contribution in [-0.4, -0.2) is 50.0 Å². The van der Waals surface area contributed by atoms with E-state index < -0.39 is 0 Å². The smallest absolute Gasteiger partial charge is 0.251 e. The summed E-state index contributed by atoms with van der Waals surface area (Å²) in [5.41, 5.74) is 1.78.